The molecule has 1 saturated carbocycles. The van der Waals surface area contributed by atoms with Crippen molar-refractivity contribution in [2.45, 2.75) is 50.1 Å². The molecule has 0 aliphatic heterocycles. The van der Waals surface area contributed by atoms with Gasteiger partial charge < -0.3 is 15.6 Å². The average Bonchev–Trinajstić information content (AvgIpc) is 3.12. The van der Waals surface area contributed by atoms with Crippen LogP contribution in [0.15, 0.2) is 43.0 Å². The molecule has 0 saturated heterocycles. The highest BCUT2D eigenvalue weighted by Gasteiger charge is 2.36. The highest BCUT2D eigenvalue weighted by Crippen LogP contribution is 2.39. The quantitative estimate of drug-likeness (QED) is 0.716. The van der Waals surface area contributed by atoms with Crippen molar-refractivity contribution < 1.29 is 0 Å². The predicted molar refractivity (Wildman–Crippen MR) is 107 cm³/mol. The summed E-state index contributed by atoms with van der Waals surface area (Å²) in [5.74, 6) is 0. The number of nitrogens with one attached hydrogen (secondary N) is 1. The minimum Gasteiger partial charge on any atom is -0.337 e. The molecule has 25 heavy (non-hydrogen) atoms. The van der Waals surface area contributed by atoms with Crippen molar-refractivity contribution in [3.8, 4) is 0 Å². The van der Waals surface area contributed by atoms with Gasteiger partial charge in [0.1, 0.15) is 0 Å². The molecule has 0 spiro atoms. The fourth-order valence-corrected chi connectivity index (χ4v) is 4.10. The van der Waals surface area contributed by atoms with Gasteiger partial charge in [-0.25, -0.2) is 4.98 Å². The molecule has 1 aromatic heterocycles. The van der Waals surface area contributed by atoms with Gasteiger partial charge in [-0.05, 0) is 49.9 Å². The predicted octanol–water partition coefficient (Wildman–Crippen LogP) is 3.78. The lowest BCUT2D eigenvalue weighted by atomic mass is 9.68. The molecule has 2 atom stereocenters. The van der Waals surface area contributed by atoms with Gasteiger partial charge in [-0.3, -0.25) is 0 Å². The Labute approximate surface area is 161 Å². The van der Waals surface area contributed by atoms with Crippen LogP contribution in [-0.4, -0.2) is 28.7 Å². The second-order valence-electron chi connectivity index (χ2n) is 6.90. The Balaban J connectivity index is 0.00000225. The third kappa shape index (κ3) is 5.20. The van der Waals surface area contributed by atoms with Crippen LogP contribution in [0.5, 0.6) is 0 Å². The lowest BCUT2D eigenvalue weighted by Crippen LogP contribution is -2.46. The van der Waals surface area contributed by atoms with Gasteiger partial charge in [-0.15, -0.1) is 12.4 Å². The van der Waals surface area contributed by atoms with E-state index in [1.807, 2.05) is 30.9 Å². The number of aromatic nitrogens is 2. The number of hydrogen-bond acceptors (Lipinski definition) is 3. The Bertz CT molecular complexity index is 632. The van der Waals surface area contributed by atoms with E-state index in [2.05, 4.69) is 27.0 Å². The van der Waals surface area contributed by atoms with Crippen LogP contribution in [0.1, 0.15) is 37.7 Å². The monoisotopic (exact) mass is 382 g/mol. The first-order chi connectivity index (χ1) is 11.7. The van der Waals surface area contributed by atoms with E-state index in [9.17, 15) is 0 Å². The summed E-state index contributed by atoms with van der Waals surface area (Å²) in [4.78, 5) is 4.08. The van der Waals surface area contributed by atoms with E-state index in [-0.39, 0.29) is 17.8 Å². The Morgan fingerprint density at radius 1 is 1.40 bits per heavy atom. The van der Waals surface area contributed by atoms with Gasteiger partial charge in [-0.1, -0.05) is 30.2 Å². The Kier molecular flexibility index (Phi) is 7.76. The summed E-state index contributed by atoms with van der Waals surface area (Å²) < 4.78 is 2.12. The van der Waals surface area contributed by atoms with Crippen LogP contribution in [0.3, 0.4) is 0 Å². The first kappa shape index (κ1) is 20.2. The molecule has 1 heterocycles. The van der Waals surface area contributed by atoms with Crippen LogP contribution in [0.4, 0.5) is 0 Å². The molecule has 4 nitrogen and oxygen atoms in total. The summed E-state index contributed by atoms with van der Waals surface area (Å²) in [6.07, 6.45) is 11.5. The number of nitrogens with two attached hydrogens (primary N) is 1. The molecule has 3 rings (SSSR count). The molecule has 1 aromatic carbocycles. The van der Waals surface area contributed by atoms with Crippen molar-refractivity contribution in [3.63, 3.8) is 0 Å². The largest absolute Gasteiger partial charge is 0.337 e. The van der Waals surface area contributed by atoms with E-state index in [1.165, 1.54) is 18.4 Å². The standard InChI is InChI=1S/C19H27ClN4.ClH/c20-17-5-1-4-16(12-17)19(14-21)7-2-6-18(13-19)23-8-3-10-24-11-9-22-15-24;/h1,4-5,9,11-12,15,18,23H,2-3,6-8,10,13-14,21H2;1H. The van der Waals surface area contributed by atoms with Crippen molar-refractivity contribution in [1.29, 1.82) is 0 Å². The number of nitrogens with zero attached hydrogens (tertiary/aromatic N) is 2. The van der Waals surface area contributed by atoms with Gasteiger partial charge in [0.2, 0.25) is 0 Å². The van der Waals surface area contributed by atoms with Crippen molar-refractivity contribution in [2.24, 2.45) is 5.73 Å². The zero-order valence-electron chi connectivity index (χ0n) is 14.5. The molecule has 0 radical (unpaired) electrons. The summed E-state index contributed by atoms with van der Waals surface area (Å²) in [5, 5.41) is 4.54. The fraction of sp³-hybridized carbons (Fsp3) is 0.526. The van der Waals surface area contributed by atoms with E-state index in [0.29, 0.717) is 12.6 Å². The Morgan fingerprint density at radius 2 is 2.28 bits per heavy atom. The van der Waals surface area contributed by atoms with Crippen LogP contribution in [0.25, 0.3) is 0 Å². The van der Waals surface area contributed by atoms with Crippen molar-refractivity contribution >= 4 is 24.0 Å². The number of hydrogen-bond donors (Lipinski definition) is 2. The van der Waals surface area contributed by atoms with Crippen LogP contribution in [0.2, 0.25) is 5.02 Å². The highest BCUT2D eigenvalue weighted by atomic mass is 35.5. The first-order valence-electron chi connectivity index (χ1n) is 8.87. The molecule has 138 valence electrons. The third-order valence-corrected chi connectivity index (χ3v) is 5.49. The molecule has 0 amide bonds. The average molecular weight is 383 g/mol. The van der Waals surface area contributed by atoms with Gasteiger partial charge in [0.05, 0.1) is 6.33 Å². The minimum atomic E-state index is 0. The molecular weight excluding hydrogens is 355 g/mol. The molecule has 2 aromatic rings. The van der Waals surface area contributed by atoms with Gasteiger partial charge in [0.15, 0.2) is 0 Å². The molecule has 2 unspecified atom stereocenters. The smallest absolute Gasteiger partial charge is 0.0945 e. The summed E-state index contributed by atoms with van der Waals surface area (Å²) >= 11 is 6.21. The van der Waals surface area contributed by atoms with E-state index in [0.717, 1.165) is 37.4 Å². The van der Waals surface area contributed by atoms with Crippen LogP contribution >= 0.6 is 24.0 Å². The zero-order valence-corrected chi connectivity index (χ0v) is 16.1. The second kappa shape index (κ2) is 9.58. The summed E-state index contributed by atoms with van der Waals surface area (Å²) in [5.41, 5.74) is 7.58. The molecule has 0 bridgehead atoms. The van der Waals surface area contributed by atoms with Gasteiger partial charge >= 0.3 is 0 Å². The summed E-state index contributed by atoms with van der Waals surface area (Å²) in [7, 11) is 0. The number of aryl methyl sites for hydroxylation is 1. The molecule has 3 N–H and O–H groups in total. The van der Waals surface area contributed by atoms with Crippen molar-refractivity contribution in [2.75, 3.05) is 13.1 Å². The summed E-state index contributed by atoms with van der Waals surface area (Å²) in [6.45, 7) is 2.72. The second-order valence-corrected chi connectivity index (χ2v) is 7.33. The Morgan fingerprint density at radius 3 is 3.00 bits per heavy atom. The zero-order chi connectivity index (χ0) is 16.8. The Hall–Kier alpha value is -1.07. The number of benzene rings is 1. The van der Waals surface area contributed by atoms with Crippen LogP contribution < -0.4 is 11.1 Å². The molecule has 6 heteroatoms. The maximum atomic E-state index is 6.22. The van der Waals surface area contributed by atoms with Gasteiger partial charge in [-0.2, -0.15) is 0 Å². The lowest BCUT2D eigenvalue weighted by Gasteiger charge is -2.41. The van der Waals surface area contributed by atoms with E-state index in [4.69, 9.17) is 17.3 Å². The molecule has 1 aliphatic rings. The van der Waals surface area contributed by atoms with Gasteiger partial charge in [0, 0.05) is 42.0 Å². The minimum absolute atomic E-state index is 0. The maximum Gasteiger partial charge on any atom is 0.0945 e. The SMILES string of the molecule is Cl.NCC1(c2cccc(Cl)c2)CCCC(NCCCn2ccnc2)C1. The molecule has 1 aliphatic carbocycles. The number of halogens is 2. The first-order valence-corrected chi connectivity index (χ1v) is 9.25. The summed E-state index contributed by atoms with van der Waals surface area (Å²) in [6, 6.07) is 8.78. The highest BCUT2D eigenvalue weighted by molar-refractivity contribution is 6.30. The van der Waals surface area contributed by atoms with Crippen LogP contribution in [0, 0.1) is 0 Å². The third-order valence-electron chi connectivity index (χ3n) is 5.26. The van der Waals surface area contributed by atoms with Crippen molar-refractivity contribution in [3.05, 3.63) is 53.6 Å². The molecular formula is C19H28Cl2N4. The lowest BCUT2D eigenvalue weighted by molar-refractivity contribution is 0.243. The van der Waals surface area contributed by atoms with E-state index >= 15 is 0 Å². The van der Waals surface area contributed by atoms with E-state index in [1.54, 1.807) is 0 Å². The van der Waals surface area contributed by atoms with Gasteiger partial charge in [0.25, 0.3) is 0 Å². The normalized spacial score (nSPS) is 23.2. The fourth-order valence-electron chi connectivity index (χ4n) is 3.91. The topological polar surface area (TPSA) is 55.9 Å². The number of imidazole rings is 1. The van der Waals surface area contributed by atoms with E-state index < -0.39 is 0 Å². The number of rotatable bonds is 7. The maximum absolute atomic E-state index is 6.22. The molecule has 1 fully saturated rings. The van der Waals surface area contributed by atoms with Crippen LogP contribution in [-0.2, 0) is 12.0 Å². The van der Waals surface area contributed by atoms with Crippen molar-refractivity contribution in [1.82, 2.24) is 14.9 Å².